The standard InChI is InChI=1S/C30H36.3C2H6/c1-8-10-12-16-23(3)29-22-28(20-19-24(29)4)30(6,7)27(15-9-2)21-25(5)26-17-13-11-14-18-26;3*1-2/h8-18,20-22,24H,1,5,19H2,2-4,6-7H3;3*1-2H3/b12-10-,15-9-,23-16+,27-21+;;;/t24-;;;/m1.../s1. The Hall–Kier alpha value is -2.86. The van der Waals surface area contributed by atoms with E-state index in [-0.39, 0.29) is 5.41 Å². The van der Waals surface area contributed by atoms with Gasteiger partial charge in [0.2, 0.25) is 0 Å². The van der Waals surface area contributed by atoms with Crippen molar-refractivity contribution in [1.29, 1.82) is 0 Å². The fourth-order valence-corrected chi connectivity index (χ4v) is 3.82. The number of hydrogen-bond donors (Lipinski definition) is 0. The van der Waals surface area contributed by atoms with Crippen molar-refractivity contribution in [3.63, 3.8) is 0 Å². The molecule has 1 aliphatic carbocycles. The quantitative estimate of drug-likeness (QED) is 0.320. The third-order valence-corrected chi connectivity index (χ3v) is 5.85. The fraction of sp³-hybridized carbons (Fsp3) is 0.389. The average molecular weight is 487 g/mol. The summed E-state index contributed by atoms with van der Waals surface area (Å²) >= 11 is 0. The minimum atomic E-state index is -0.118. The maximum Gasteiger partial charge on any atom is 0.0143 e. The normalized spacial score (nSPS) is 15.9. The molecule has 0 saturated heterocycles. The Morgan fingerprint density at radius 3 is 2.08 bits per heavy atom. The van der Waals surface area contributed by atoms with E-state index >= 15 is 0 Å². The summed E-state index contributed by atoms with van der Waals surface area (Å²) in [4.78, 5) is 0. The molecule has 1 aromatic carbocycles. The fourth-order valence-electron chi connectivity index (χ4n) is 3.82. The van der Waals surface area contributed by atoms with Gasteiger partial charge in [-0.1, -0.05) is 160 Å². The largest absolute Gasteiger partial charge is 0.0991 e. The van der Waals surface area contributed by atoms with Crippen molar-refractivity contribution >= 4 is 5.57 Å². The highest BCUT2D eigenvalue weighted by Gasteiger charge is 2.28. The van der Waals surface area contributed by atoms with Gasteiger partial charge in [0.25, 0.3) is 0 Å². The zero-order chi connectivity index (χ0) is 28.1. The van der Waals surface area contributed by atoms with Gasteiger partial charge in [-0.2, -0.15) is 0 Å². The lowest BCUT2D eigenvalue weighted by atomic mass is 9.71. The lowest BCUT2D eigenvalue weighted by molar-refractivity contribution is 0.547. The maximum atomic E-state index is 4.33. The highest BCUT2D eigenvalue weighted by atomic mass is 14.3. The van der Waals surface area contributed by atoms with Crippen LogP contribution < -0.4 is 0 Å². The Morgan fingerprint density at radius 2 is 1.56 bits per heavy atom. The van der Waals surface area contributed by atoms with Crippen LogP contribution in [0.25, 0.3) is 5.57 Å². The van der Waals surface area contributed by atoms with Crippen molar-refractivity contribution in [3.05, 3.63) is 126 Å². The first-order valence-electron chi connectivity index (χ1n) is 13.8. The Labute approximate surface area is 225 Å². The number of benzene rings is 1. The Bertz CT molecular complexity index is 937. The molecule has 0 unspecified atom stereocenters. The van der Waals surface area contributed by atoms with Crippen molar-refractivity contribution in [2.24, 2.45) is 11.3 Å². The number of allylic oxidation sites excluding steroid dienone is 14. The maximum absolute atomic E-state index is 4.33. The molecule has 0 amide bonds. The van der Waals surface area contributed by atoms with E-state index in [0.29, 0.717) is 5.92 Å². The molecule has 0 aromatic heterocycles. The second-order valence-corrected chi connectivity index (χ2v) is 8.48. The topological polar surface area (TPSA) is 0 Å². The first kappa shape index (κ1) is 35.3. The minimum absolute atomic E-state index is 0.118. The molecule has 0 heteroatoms. The summed E-state index contributed by atoms with van der Waals surface area (Å²) in [6.45, 7) is 31.3. The number of rotatable bonds is 8. The van der Waals surface area contributed by atoms with Crippen molar-refractivity contribution in [2.75, 3.05) is 0 Å². The monoisotopic (exact) mass is 486 g/mol. The summed E-state index contributed by atoms with van der Waals surface area (Å²) in [5.74, 6) is 0.520. The summed E-state index contributed by atoms with van der Waals surface area (Å²) in [6, 6.07) is 10.4. The molecule has 0 radical (unpaired) electrons. The van der Waals surface area contributed by atoms with Gasteiger partial charge in [-0.15, -0.1) is 0 Å². The van der Waals surface area contributed by atoms with Crippen LogP contribution in [0.5, 0.6) is 0 Å². The molecule has 0 nitrogen and oxygen atoms in total. The highest BCUT2D eigenvalue weighted by molar-refractivity contribution is 5.74. The van der Waals surface area contributed by atoms with E-state index in [1.807, 2.05) is 59.8 Å². The summed E-state index contributed by atoms with van der Waals surface area (Å²) in [7, 11) is 0. The summed E-state index contributed by atoms with van der Waals surface area (Å²) in [5.41, 5.74) is 7.43. The van der Waals surface area contributed by atoms with Gasteiger partial charge in [-0.25, -0.2) is 0 Å². The van der Waals surface area contributed by atoms with Crippen molar-refractivity contribution < 1.29 is 0 Å². The molecule has 198 valence electrons. The van der Waals surface area contributed by atoms with Gasteiger partial charge >= 0.3 is 0 Å². The molecule has 0 aliphatic heterocycles. The van der Waals surface area contributed by atoms with Gasteiger partial charge in [0.1, 0.15) is 0 Å². The molecular weight excluding hydrogens is 432 g/mol. The average Bonchev–Trinajstić information content (AvgIpc) is 2.92. The van der Waals surface area contributed by atoms with E-state index < -0.39 is 0 Å². The van der Waals surface area contributed by atoms with Crippen LogP contribution >= 0.6 is 0 Å². The zero-order valence-corrected chi connectivity index (χ0v) is 25.3. The van der Waals surface area contributed by atoms with Crippen LogP contribution in [0.2, 0.25) is 0 Å². The van der Waals surface area contributed by atoms with Crippen LogP contribution in [0, 0.1) is 11.3 Å². The zero-order valence-electron chi connectivity index (χ0n) is 25.3. The molecule has 0 fully saturated rings. The first-order chi connectivity index (χ1) is 17.3. The third kappa shape index (κ3) is 11.3. The van der Waals surface area contributed by atoms with Gasteiger partial charge in [0.15, 0.2) is 0 Å². The second-order valence-electron chi connectivity index (χ2n) is 8.48. The first-order valence-corrected chi connectivity index (χ1v) is 13.8. The smallest absolute Gasteiger partial charge is 0.0143 e. The molecule has 1 aromatic rings. The molecule has 0 saturated carbocycles. The molecule has 36 heavy (non-hydrogen) atoms. The van der Waals surface area contributed by atoms with Gasteiger partial charge in [0.05, 0.1) is 0 Å². The predicted molar refractivity (Wildman–Crippen MR) is 169 cm³/mol. The Balaban J connectivity index is 0. The second kappa shape index (κ2) is 20.3. The van der Waals surface area contributed by atoms with Crippen LogP contribution in [-0.4, -0.2) is 0 Å². The third-order valence-electron chi connectivity index (χ3n) is 5.85. The van der Waals surface area contributed by atoms with E-state index in [0.717, 1.165) is 17.6 Å². The van der Waals surface area contributed by atoms with Crippen LogP contribution in [0.15, 0.2) is 120 Å². The Morgan fingerprint density at radius 1 is 0.972 bits per heavy atom. The van der Waals surface area contributed by atoms with Crippen molar-refractivity contribution in [2.45, 2.75) is 82.6 Å². The van der Waals surface area contributed by atoms with Crippen LogP contribution in [0.3, 0.4) is 0 Å². The number of hydrogen-bond acceptors (Lipinski definition) is 0. The van der Waals surface area contributed by atoms with E-state index in [9.17, 15) is 0 Å². The van der Waals surface area contributed by atoms with Crippen molar-refractivity contribution in [3.8, 4) is 0 Å². The molecular formula is C36H54. The molecule has 1 atom stereocenters. The van der Waals surface area contributed by atoms with Crippen molar-refractivity contribution in [1.82, 2.24) is 0 Å². The van der Waals surface area contributed by atoms with Crippen LogP contribution in [0.4, 0.5) is 0 Å². The van der Waals surface area contributed by atoms with Gasteiger partial charge in [-0.05, 0) is 59.6 Å². The predicted octanol–water partition coefficient (Wildman–Crippen LogP) is 11.9. The van der Waals surface area contributed by atoms with Crippen LogP contribution in [0.1, 0.15) is 88.1 Å². The van der Waals surface area contributed by atoms with E-state index in [4.69, 9.17) is 0 Å². The lowest BCUT2D eigenvalue weighted by Crippen LogP contribution is -2.20. The molecule has 2 rings (SSSR count). The van der Waals surface area contributed by atoms with Crippen LogP contribution in [-0.2, 0) is 0 Å². The van der Waals surface area contributed by atoms with E-state index in [1.54, 1.807) is 0 Å². The SMILES string of the molecule is C=C/C=C\C=C(/C)C1=CC(C(C)(C)C(/C=C\C)=C/C(=C)c2ccccc2)=CC[C@H]1C.CC.CC.CC. The minimum Gasteiger partial charge on any atom is -0.0991 e. The molecule has 1 aliphatic rings. The lowest BCUT2D eigenvalue weighted by Gasteiger charge is -2.33. The summed E-state index contributed by atoms with van der Waals surface area (Å²) < 4.78 is 0. The van der Waals surface area contributed by atoms with Gasteiger partial charge in [-0.3, -0.25) is 0 Å². The molecule has 0 N–H and O–H groups in total. The summed E-state index contributed by atoms with van der Waals surface area (Å²) in [5, 5.41) is 0. The summed E-state index contributed by atoms with van der Waals surface area (Å²) in [6.07, 6.45) is 20.5. The van der Waals surface area contributed by atoms with Gasteiger partial charge < -0.3 is 0 Å². The van der Waals surface area contributed by atoms with E-state index in [2.05, 4.69) is 115 Å². The molecule has 0 spiro atoms. The molecule has 0 bridgehead atoms. The Kier molecular flexibility index (Phi) is 20.0. The molecule has 0 heterocycles. The van der Waals surface area contributed by atoms with Gasteiger partial charge in [0, 0.05) is 5.41 Å². The van der Waals surface area contributed by atoms with E-state index in [1.165, 1.54) is 22.3 Å². The highest BCUT2D eigenvalue weighted by Crippen LogP contribution is 2.42.